The van der Waals surface area contributed by atoms with E-state index in [4.69, 9.17) is 4.55 Å². The Morgan fingerprint density at radius 1 is 2.00 bits per heavy atom. The van der Waals surface area contributed by atoms with Gasteiger partial charge in [0.05, 0.1) is 0 Å². The summed E-state index contributed by atoms with van der Waals surface area (Å²) >= 11 is -1.63. The molecule has 0 aliphatic carbocycles. The second-order valence-corrected chi connectivity index (χ2v) is 2.97. The fourth-order valence-corrected chi connectivity index (χ4v) is 1.26. The van der Waals surface area contributed by atoms with E-state index in [2.05, 4.69) is 0 Å². The van der Waals surface area contributed by atoms with Gasteiger partial charge in [-0.3, -0.25) is 4.90 Å². The molecule has 0 radical (unpaired) electrons. The fraction of sp³-hybridized carbons (Fsp3) is 1.00. The van der Waals surface area contributed by atoms with Crippen molar-refractivity contribution < 1.29 is 8.76 Å². The zero-order valence-electron chi connectivity index (χ0n) is 4.70. The van der Waals surface area contributed by atoms with Gasteiger partial charge in [0.25, 0.3) is 0 Å². The van der Waals surface area contributed by atoms with E-state index in [1.54, 1.807) is 0 Å². The third kappa shape index (κ3) is 1.54. The van der Waals surface area contributed by atoms with Gasteiger partial charge in [0.15, 0.2) is 11.1 Å². The Labute approximate surface area is 51.0 Å². The van der Waals surface area contributed by atoms with Gasteiger partial charge in [0.2, 0.25) is 0 Å². The van der Waals surface area contributed by atoms with Crippen LogP contribution in [0, 0.1) is 0 Å². The van der Waals surface area contributed by atoms with Gasteiger partial charge in [0, 0.05) is 12.6 Å². The summed E-state index contributed by atoms with van der Waals surface area (Å²) in [5, 5.41) is 0. The van der Waals surface area contributed by atoms with Crippen molar-refractivity contribution in [1.82, 2.24) is 4.90 Å². The summed E-state index contributed by atoms with van der Waals surface area (Å²) in [4.78, 5) is 1.94. The Morgan fingerprint density at radius 2 is 2.50 bits per heavy atom. The molecule has 1 N–H and O–H groups in total. The lowest BCUT2D eigenvalue weighted by molar-refractivity contribution is 0.523. The van der Waals surface area contributed by atoms with Crippen LogP contribution in [0.15, 0.2) is 0 Å². The molecule has 1 heterocycles. The largest absolute Gasteiger partial charge is 0.305 e. The third-order valence-corrected chi connectivity index (χ3v) is 1.82. The van der Waals surface area contributed by atoms with Crippen LogP contribution in [-0.2, 0) is 11.1 Å². The molecular formula is C4H9NO2S. The monoisotopic (exact) mass is 135 g/mol. The SMILES string of the molecule is CC1CN1CS(=O)O. The van der Waals surface area contributed by atoms with Gasteiger partial charge in [-0.1, -0.05) is 0 Å². The van der Waals surface area contributed by atoms with Crippen LogP contribution in [0.25, 0.3) is 0 Å². The molecule has 1 rings (SSSR count). The van der Waals surface area contributed by atoms with Gasteiger partial charge in [-0.15, -0.1) is 0 Å². The highest BCUT2D eigenvalue weighted by Crippen LogP contribution is 2.14. The molecule has 0 amide bonds. The Kier molecular flexibility index (Phi) is 1.65. The van der Waals surface area contributed by atoms with E-state index in [-0.39, 0.29) is 0 Å². The summed E-state index contributed by atoms with van der Waals surface area (Å²) in [6.07, 6.45) is 0. The van der Waals surface area contributed by atoms with Crippen molar-refractivity contribution in [2.24, 2.45) is 0 Å². The molecule has 0 aromatic carbocycles. The third-order valence-electron chi connectivity index (χ3n) is 1.26. The smallest absolute Gasteiger partial charge is 0.167 e. The van der Waals surface area contributed by atoms with Crippen LogP contribution in [0.1, 0.15) is 6.92 Å². The lowest BCUT2D eigenvalue weighted by Crippen LogP contribution is -2.06. The molecule has 1 saturated heterocycles. The number of hydrogen-bond acceptors (Lipinski definition) is 2. The second kappa shape index (κ2) is 2.13. The predicted octanol–water partition coefficient (Wildman–Crippen LogP) is -0.130. The van der Waals surface area contributed by atoms with Crippen LogP contribution in [0.4, 0.5) is 0 Å². The van der Waals surface area contributed by atoms with Crippen molar-refractivity contribution in [2.75, 3.05) is 12.4 Å². The normalized spacial score (nSPS) is 39.2. The standard InChI is InChI=1S/C4H9NO2S/c1-4-2-5(4)3-8(6)7/h4H,2-3H2,1H3,(H,6,7). The van der Waals surface area contributed by atoms with Crippen molar-refractivity contribution in [3.05, 3.63) is 0 Å². The van der Waals surface area contributed by atoms with Crippen molar-refractivity contribution in [3.63, 3.8) is 0 Å². The predicted molar refractivity (Wildman–Crippen MR) is 31.8 cm³/mol. The molecule has 1 aliphatic heterocycles. The minimum Gasteiger partial charge on any atom is -0.305 e. The van der Waals surface area contributed by atoms with E-state index in [1.165, 1.54) is 0 Å². The maximum Gasteiger partial charge on any atom is 0.167 e. The summed E-state index contributed by atoms with van der Waals surface area (Å²) in [5.41, 5.74) is 0. The zero-order valence-corrected chi connectivity index (χ0v) is 5.52. The van der Waals surface area contributed by atoms with E-state index >= 15 is 0 Å². The number of nitrogens with zero attached hydrogens (tertiary/aromatic N) is 1. The summed E-state index contributed by atoms with van der Waals surface area (Å²) in [7, 11) is 0. The van der Waals surface area contributed by atoms with E-state index in [0.29, 0.717) is 11.9 Å². The van der Waals surface area contributed by atoms with Crippen LogP contribution in [0.5, 0.6) is 0 Å². The Hall–Kier alpha value is 0.0700. The Morgan fingerprint density at radius 3 is 2.62 bits per heavy atom. The van der Waals surface area contributed by atoms with Crippen molar-refractivity contribution in [2.45, 2.75) is 13.0 Å². The summed E-state index contributed by atoms with van der Waals surface area (Å²) in [5.74, 6) is 0.321. The van der Waals surface area contributed by atoms with Gasteiger partial charge in [-0.25, -0.2) is 4.21 Å². The molecule has 3 unspecified atom stereocenters. The lowest BCUT2D eigenvalue weighted by atomic mass is 10.6. The molecular weight excluding hydrogens is 126 g/mol. The molecule has 0 bridgehead atoms. The molecule has 1 fully saturated rings. The molecule has 0 aromatic rings. The van der Waals surface area contributed by atoms with Crippen LogP contribution in [0.2, 0.25) is 0 Å². The molecule has 3 atom stereocenters. The quantitative estimate of drug-likeness (QED) is 0.423. The van der Waals surface area contributed by atoms with Gasteiger partial charge in [-0.2, -0.15) is 0 Å². The first-order valence-corrected chi connectivity index (χ1v) is 3.79. The lowest BCUT2D eigenvalue weighted by Gasteiger charge is -1.92. The Bertz CT molecular complexity index is 117. The maximum atomic E-state index is 10.1. The zero-order chi connectivity index (χ0) is 6.15. The van der Waals surface area contributed by atoms with E-state index in [0.717, 1.165) is 6.54 Å². The van der Waals surface area contributed by atoms with Crippen LogP contribution < -0.4 is 0 Å². The molecule has 3 nitrogen and oxygen atoms in total. The topological polar surface area (TPSA) is 40.3 Å². The number of rotatable bonds is 2. The first-order valence-electron chi connectivity index (χ1n) is 2.51. The minimum absolute atomic E-state index is 0.321. The summed E-state index contributed by atoms with van der Waals surface area (Å²) in [6.45, 7) is 3.01. The van der Waals surface area contributed by atoms with Crippen molar-refractivity contribution in [1.29, 1.82) is 0 Å². The highest BCUT2D eigenvalue weighted by atomic mass is 32.2. The molecule has 0 spiro atoms. The van der Waals surface area contributed by atoms with Crippen molar-refractivity contribution in [3.8, 4) is 0 Å². The first kappa shape index (κ1) is 6.19. The molecule has 4 heteroatoms. The summed E-state index contributed by atoms with van der Waals surface area (Å²) < 4.78 is 18.4. The summed E-state index contributed by atoms with van der Waals surface area (Å²) in [6, 6.07) is 0.533. The Balaban J connectivity index is 2.14. The highest BCUT2D eigenvalue weighted by Gasteiger charge is 2.29. The van der Waals surface area contributed by atoms with Gasteiger partial charge < -0.3 is 4.55 Å². The molecule has 8 heavy (non-hydrogen) atoms. The maximum absolute atomic E-state index is 10.1. The van der Waals surface area contributed by atoms with E-state index in [1.807, 2.05) is 11.8 Å². The average Bonchev–Trinajstić information content (AvgIpc) is 2.17. The minimum atomic E-state index is -1.63. The number of hydrogen-bond donors (Lipinski definition) is 1. The molecule has 0 saturated carbocycles. The van der Waals surface area contributed by atoms with Crippen LogP contribution in [-0.4, -0.2) is 32.1 Å². The van der Waals surface area contributed by atoms with Gasteiger partial charge >= 0.3 is 0 Å². The molecule has 1 aliphatic rings. The molecule has 48 valence electrons. The second-order valence-electron chi connectivity index (χ2n) is 2.07. The average molecular weight is 135 g/mol. The fourth-order valence-electron chi connectivity index (χ4n) is 0.614. The highest BCUT2D eigenvalue weighted by molar-refractivity contribution is 7.79. The van der Waals surface area contributed by atoms with Crippen LogP contribution >= 0.6 is 0 Å². The van der Waals surface area contributed by atoms with Crippen molar-refractivity contribution >= 4 is 11.1 Å². The molecule has 0 aromatic heterocycles. The first-order chi connectivity index (χ1) is 3.70. The van der Waals surface area contributed by atoms with Gasteiger partial charge in [0.1, 0.15) is 5.88 Å². The van der Waals surface area contributed by atoms with E-state index < -0.39 is 11.1 Å². The van der Waals surface area contributed by atoms with E-state index in [9.17, 15) is 4.21 Å². The van der Waals surface area contributed by atoms with Gasteiger partial charge in [-0.05, 0) is 6.92 Å². The van der Waals surface area contributed by atoms with Crippen LogP contribution in [0.3, 0.4) is 0 Å².